The first kappa shape index (κ1) is 18.2. The fourth-order valence-electron chi connectivity index (χ4n) is 3.19. The van der Waals surface area contributed by atoms with Crippen LogP contribution in [0.2, 0.25) is 0 Å². The lowest BCUT2D eigenvalue weighted by Gasteiger charge is -2.22. The summed E-state index contributed by atoms with van der Waals surface area (Å²) in [6.45, 7) is 0.567. The second-order valence-corrected chi connectivity index (χ2v) is 7.17. The summed E-state index contributed by atoms with van der Waals surface area (Å²) < 4.78 is 10.2. The summed E-state index contributed by atoms with van der Waals surface area (Å²) in [7, 11) is 1.31. The molecule has 1 fully saturated rings. The van der Waals surface area contributed by atoms with Gasteiger partial charge in [-0.05, 0) is 24.3 Å². The van der Waals surface area contributed by atoms with Crippen LogP contribution in [0.25, 0.3) is 11.4 Å². The zero-order valence-corrected chi connectivity index (χ0v) is 15.9. The van der Waals surface area contributed by atoms with Crippen molar-refractivity contribution >= 4 is 29.0 Å². The van der Waals surface area contributed by atoms with Gasteiger partial charge in [0.2, 0.25) is 11.7 Å². The highest BCUT2D eigenvalue weighted by atomic mass is 32.1. The van der Waals surface area contributed by atoms with Crippen LogP contribution >= 0.6 is 11.3 Å². The van der Waals surface area contributed by atoms with Crippen molar-refractivity contribution in [2.24, 2.45) is 0 Å². The number of aromatic nitrogens is 2. The standard InChI is InChI=1S/C19H18N4O4S/c1-26-18(24)15-13(9-11-28-15)20-19(25)23-10-5-8-14(23)17-21-16(22-27-17)12-6-3-2-4-7-12/h2-4,6-7,9,11,14H,5,8,10H2,1H3,(H,20,25)/t14-/m1/s1. The number of nitrogens with one attached hydrogen (secondary N) is 1. The molecule has 28 heavy (non-hydrogen) atoms. The van der Waals surface area contributed by atoms with Crippen molar-refractivity contribution in [3.8, 4) is 11.4 Å². The monoisotopic (exact) mass is 398 g/mol. The summed E-state index contributed by atoms with van der Waals surface area (Å²) in [6, 6.07) is 10.6. The number of thiophene rings is 1. The molecule has 0 spiro atoms. The molecule has 1 aliphatic rings. The lowest BCUT2D eigenvalue weighted by molar-refractivity contribution is 0.0607. The van der Waals surface area contributed by atoms with Crippen molar-refractivity contribution in [3.05, 3.63) is 52.5 Å². The molecule has 1 aliphatic heterocycles. The van der Waals surface area contributed by atoms with E-state index in [-0.39, 0.29) is 12.1 Å². The van der Waals surface area contributed by atoms with Gasteiger partial charge in [-0.1, -0.05) is 35.5 Å². The van der Waals surface area contributed by atoms with Crippen molar-refractivity contribution < 1.29 is 18.8 Å². The Morgan fingerprint density at radius 2 is 2.11 bits per heavy atom. The zero-order valence-electron chi connectivity index (χ0n) is 15.1. The number of methoxy groups -OCH3 is 1. The molecule has 0 radical (unpaired) electrons. The minimum atomic E-state index is -0.479. The summed E-state index contributed by atoms with van der Waals surface area (Å²) in [5.74, 6) is 0.423. The molecule has 9 heteroatoms. The topological polar surface area (TPSA) is 97.6 Å². The Kier molecular flexibility index (Phi) is 5.07. The third-order valence-electron chi connectivity index (χ3n) is 4.55. The number of carbonyl (C=O) groups is 2. The smallest absolute Gasteiger partial charge is 0.350 e. The van der Waals surface area contributed by atoms with Crippen LogP contribution in [0.5, 0.6) is 0 Å². The van der Waals surface area contributed by atoms with Gasteiger partial charge in [-0.2, -0.15) is 4.98 Å². The number of hydrogen-bond donors (Lipinski definition) is 1. The second kappa shape index (κ2) is 7.81. The molecule has 4 rings (SSSR count). The number of anilines is 1. The van der Waals surface area contributed by atoms with Crippen LogP contribution in [0.4, 0.5) is 10.5 Å². The molecular weight excluding hydrogens is 380 g/mol. The van der Waals surface area contributed by atoms with Gasteiger partial charge >= 0.3 is 12.0 Å². The lowest BCUT2D eigenvalue weighted by atomic mass is 10.2. The van der Waals surface area contributed by atoms with Crippen LogP contribution in [-0.2, 0) is 4.74 Å². The molecule has 1 atom stereocenters. The van der Waals surface area contributed by atoms with Gasteiger partial charge in [0.1, 0.15) is 10.9 Å². The number of urea groups is 1. The van der Waals surface area contributed by atoms with Gasteiger partial charge in [0, 0.05) is 12.1 Å². The van der Waals surface area contributed by atoms with E-state index in [0.717, 1.165) is 18.4 Å². The number of esters is 1. The van der Waals surface area contributed by atoms with Gasteiger partial charge in [0.15, 0.2) is 0 Å². The van der Waals surface area contributed by atoms with E-state index < -0.39 is 5.97 Å². The Balaban J connectivity index is 1.51. The maximum absolute atomic E-state index is 12.8. The molecule has 1 saturated heterocycles. The van der Waals surface area contributed by atoms with Crippen LogP contribution in [0.1, 0.15) is 34.4 Å². The number of nitrogens with zero attached hydrogens (tertiary/aromatic N) is 3. The molecule has 3 aromatic rings. The van der Waals surface area contributed by atoms with Gasteiger partial charge in [0.05, 0.1) is 12.8 Å². The minimum Gasteiger partial charge on any atom is -0.465 e. The van der Waals surface area contributed by atoms with E-state index in [2.05, 4.69) is 15.5 Å². The average Bonchev–Trinajstić information content (AvgIpc) is 3.47. The van der Waals surface area contributed by atoms with E-state index in [1.54, 1.807) is 16.3 Å². The van der Waals surface area contributed by atoms with E-state index in [1.807, 2.05) is 30.3 Å². The van der Waals surface area contributed by atoms with E-state index in [9.17, 15) is 9.59 Å². The van der Waals surface area contributed by atoms with Crippen LogP contribution in [0.3, 0.4) is 0 Å². The predicted octanol–water partition coefficient (Wildman–Crippen LogP) is 3.95. The van der Waals surface area contributed by atoms with Crippen LogP contribution in [-0.4, -0.2) is 40.7 Å². The van der Waals surface area contributed by atoms with Gasteiger partial charge in [-0.15, -0.1) is 11.3 Å². The predicted molar refractivity (Wildman–Crippen MR) is 103 cm³/mol. The quantitative estimate of drug-likeness (QED) is 0.668. The van der Waals surface area contributed by atoms with E-state index in [0.29, 0.717) is 28.8 Å². The average molecular weight is 398 g/mol. The molecule has 2 aromatic heterocycles. The number of hydrogen-bond acceptors (Lipinski definition) is 7. The summed E-state index contributed by atoms with van der Waals surface area (Å²) in [6.07, 6.45) is 1.56. The van der Waals surface area contributed by atoms with E-state index in [4.69, 9.17) is 9.26 Å². The van der Waals surface area contributed by atoms with Gasteiger partial charge < -0.3 is 19.5 Å². The third kappa shape index (κ3) is 3.48. The van der Waals surface area contributed by atoms with Crippen LogP contribution in [0.15, 0.2) is 46.3 Å². The lowest BCUT2D eigenvalue weighted by Crippen LogP contribution is -2.34. The molecule has 144 valence electrons. The molecule has 0 saturated carbocycles. The summed E-state index contributed by atoms with van der Waals surface area (Å²) >= 11 is 1.22. The van der Waals surface area contributed by atoms with E-state index >= 15 is 0 Å². The number of carbonyl (C=O) groups excluding carboxylic acids is 2. The molecule has 3 heterocycles. The second-order valence-electron chi connectivity index (χ2n) is 6.26. The molecule has 1 N–H and O–H groups in total. The Morgan fingerprint density at radius 1 is 1.29 bits per heavy atom. The summed E-state index contributed by atoms with van der Waals surface area (Å²) in [5, 5.41) is 8.57. The van der Waals surface area contributed by atoms with Gasteiger partial charge in [-0.3, -0.25) is 0 Å². The summed E-state index contributed by atoms with van der Waals surface area (Å²) in [4.78, 5) is 31.1. The first-order chi connectivity index (χ1) is 13.7. The normalized spacial score (nSPS) is 16.2. The van der Waals surface area contributed by atoms with Crippen molar-refractivity contribution in [1.82, 2.24) is 15.0 Å². The number of likely N-dealkylation sites (tertiary alicyclic amines) is 1. The van der Waals surface area contributed by atoms with E-state index in [1.165, 1.54) is 18.4 Å². The van der Waals surface area contributed by atoms with Crippen LogP contribution < -0.4 is 5.32 Å². The first-order valence-electron chi connectivity index (χ1n) is 8.80. The Bertz CT molecular complexity index is 985. The number of amides is 2. The fourth-order valence-corrected chi connectivity index (χ4v) is 3.95. The van der Waals surface area contributed by atoms with Crippen molar-refractivity contribution in [3.63, 3.8) is 0 Å². The highest BCUT2D eigenvalue weighted by molar-refractivity contribution is 7.12. The highest BCUT2D eigenvalue weighted by Gasteiger charge is 2.34. The SMILES string of the molecule is COC(=O)c1sccc1NC(=O)N1CCC[C@@H]1c1nc(-c2ccccc2)no1. The summed E-state index contributed by atoms with van der Waals surface area (Å²) in [5.41, 5.74) is 1.29. The molecular formula is C19H18N4O4S. The van der Waals surface area contributed by atoms with Gasteiger partial charge in [-0.25, -0.2) is 9.59 Å². The Morgan fingerprint density at radius 3 is 2.89 bits per heavy atom. The maximum atomic E-state index is 12.8. The number of rotatable bonds is 4. The van der Waals surface area contributed by atoms with Crippen LogP contribution in [0, 0.1) is 0 Å². The fraction of sp³-hybridized carbons (Fsp3) is 0.263. The molecule has 8 nitrogen and oxygen atoms in total. The molecule has 2 amide bonds. The first-order valence-corrected chi connectivity index (χ1v) is 9.68. The van der Waals surface area contributed by atoms with Gasteiger partial charge in [0.25, 0.3) is 0 Å². The third-order valence-corrected chi connectivity index (χ3v) is 5.44. The number of benzene rings is 1. The Hall–Kier alpha value is -3.20. The molecule has 0 bridgehead atoms. The Labute approximate surface area is 165 Å². The van der Waals surface area contributed by atoms with Crippen molar-refractivity contribution in [2.45, 2.75) is 18.9 Å². The molecule has 0 unspecified atom stereocenters. The number of ether oxygens (including phenoxy) is 1. The zero-order chi connectivity index (χ0) is 19.5. The van der Waals surface area contributed by atoms with Crippen molar-refractivity contribution in [2.75, 3.05) is 19.0 Å². The highest BCUT2D eigenvalue weighted by Crippen LogP contribution is 2.33. The maximum Gasteiger partial charge on any atom is 0.350 e. The molecule has 1 aromatic carbocycles. The molecule has 0 aliphatic carbocycles. The minimum absolute atomic E-state index is 0.301. The van der Waals surface area contributed by atoms with Crippen molar-refractivity contribution in [1.29, 1.82) is 0 Å². The largest absolute Gasteiger partial charge is 0.465 e.